The van der Waals surface area contributed by atoms with Crippen LogP contribution in [0.4, 0.5) is 0 Å². The Balaban J connectivity index is 1.81. The third kappa shape index (κ3) is 8.01. The number of hydrogen-bond acceptors (Lipinski definition) is 9. The van der Waals surface area contributed by atoms with Gasteiger partial charge in [-0.25, -0.2) is 4.72 Å². The summed E-state index contributed by atoms with van der Waals surface area (Å²) >= 11 is 1.26. The van der Waals surface area contributed by atoms with Crippen molar-refractivity contribution < 1.29 is 23.6 Å². The highest BCUT2D eigenvalue weighted by Gasteiger charge is 2.22. The van der Waals surface area contributed by atoms with Crippen molar-refractivity contribution in [2.45, 2.75) is 17.4 Å². The smallest absolute Gasteiger partial charge is 0.325 e. The van der Waals surface area contributed by atoms with Gasteiger partial charge in [0.05, 0.1) is 19.8 Å². The molecule has 0 saturated heterocycles. The lowest BCUT2D eigenvalue weighted by atomic mass is 10.3. The van der Waals surface area contributed by atoms with Gasteiger partial charge in [0, 0.05) is 24.4 Å². The van der Waals surface area contributed by atoms with Crippen LogP contribution in [0.3, 0.4) is 0 Å². The zero-order valence-corrected chi connectivity index (χ0v) is 17.2. The first-order chi connectivity index (χ1) is 14.5. The van der Waals surface area contributed by atoms with E-state index in [-0.39, 0.29) is 24.1 Å². The Morgan fingerprint density at radius 1 is 1.30 bits per heavy atom. The predicted octanol–water partition coefficient (Wildman–Crippen LogP) is 0.285. The van der Waals surface area contributed by atoms with Crippen LogP contribution in [0.1, 0.15) is 17.0 Å². The summed E-state index contributed by atoms with van der Waals surface area (Å²) in [7, 11) is 1.28. The number of guanidine groups is 1. The topological polar surface area (TPSA) is 167 Å². The number of carbonyl (C=O) groups is 2. The number of methoxy groups -OCH3 is 1. The summed E-state index contributed by atoms with van der Waals surface area (Å²) in [4.78, 5) is 29.0. The van der Waals surface area contributed by atoms with Gasteiger partial charge in [-0.2, -0.15) is 0 Å². The molecule has 1 aromatic heterocycles. The average molecular weight is 436 g/mol. The lowest BCUT2D eigenvalue weighted by molar-refractivity contribution is -0.142. The van der Waals surface area contributed by atoms with Crippen LogP contribution >= 0.6 is 11.9 Å². The Kier molecular flexibility index (Phi) is 9.48. The van der Waals surface area contributed by atoms with E-state index in [1.807, 2.05) is 30.3 Å². The molecule has 1 heterocycles. The number of benzene rings is 1. The van der Waals surface area contributed by atoms with E-state index >= 15 is 0 Å². The first-order valence-corrected chi connectivity index (χ1v) is 9.79. The van der Waals surface area contributed by atoms with Gasteiger partial charge in [-0.15, -0.1) is 0 Å². The van der Waals surface area contributed by atoms with E-state index in [4.69, 9.17) is 25.5 Å². The largest absolute Gasteiger partial charge is 0.475 e. The fourth-order valence-corrected chi connectivity index (χ4v) is 2.86. The molecule has 0 unspecified atom stereocenters. The minimum atomic E-state index is -0.765. The summed E-state index contributed by atoms with van der Waals surface area (Å²) in [5.74, 6) is -0.933. The number of rotatable bonds is 12. The summed E-state index contributed by atoms with van der Waals surface area (Å²) in [6, 6.07) is 10.0. The molecule has 11 nitrogen and oxygen atoms in total. The Bertz CT molecular complexity index is 841. The van der Waals surface area contributed by atoms with E-state index in [2.05, 4.69) is 20.2 Å². The maximum absolute atomic E-state index is 12.3. The zero-order valence-electron chi connectivity index (χ0n) is 16.4. The maximum Gasteiger partial charge on any atom is 0.325 e. The lowest BCUT2D eigenvalue weighted by Gasteiger charge is -2.16. The number of carbonyl (C=O) groups excluding carboxylic acids is 2. The highest BCUT2D eigenvalue weighted by molar-refractivity contribution is 7.97. The Hall–Kier alpha value is -3.25. The Morgan fingerprint density at radius 2 is 2.07 bits per heavy atom. The van der Waals surface area contributed by atoms with Crippen molar-refractivity contribution in [3.63, 3.8) is 0 Å². The molecule has 0 fully saturated rings. The summed E-state index contributed by atoms with van der Waals surface area (Å²) in [6.45, 7) is 0.701. The van der Waals surface area contributed by atoms with E-state index in [1.165, 1.54) is 25.1 Å². The molecule has 0 aliphatic heterocycles. The Morgan fingerprint density at radius 3 is 2.77 bits per heavy atom. The van der Waals surface area contributed by atoms with Gasteiger partial charge < -0.3 is 30.8 Å². The summed E-state index contributed by atoms with van der Waals surface area (Å²) in [5.41, 5.74) is 10.5. The molecule has 162 valence electrons. The van der Waals surface area contributed by atoms with Crippen molar-refractivity contribution in [1.29, 1.82) is 0 Å². The number of amides is 1. The minimum absolute atomic E-state index is 0.0114. The second-order valence-electron chi connectivity index (χ2n) is 5.86. The van der Waals surface area contributed by atoms with E-state index in [0.29, 0.717) is 19.6 Å². The first kappa shape index (κ1) is 23.0. The van der Waals surface area contributed by atoms with Crippen molar-refractivity contribution in [2.24, 2.45) is 16.5 Å². The lowest BCUT2D eigenvalue weighted by Crippen LogP contribution is -2.44. The zero-order chi connectivity index (χ0) is 21.8. The molecule has 30 heavy (non-hydrogen) atoms. The minimum Gasteiger partial charge on any atom is -0.475 e. The number of esters is 1. The molecule has 0 saturated carbocycles. The van der Waals surface area contributed by atoms with Gasteiger partial charge in [-0.05, 0) is 29.2 Å². The van der Waals surface area contributed by atoms with Crippen molar-refractivity contribution in [2.75, 3.05) is 26.8 Å². The van der Waals surface area contributed by atoms with Crippen LogP contribution in [0, 0.1) is 0 Å². The molecule has 0 spiro atoms. The quantitative estimate of drug-likeness (QED) is 0.119. The number of ether oxygens (including phenoxy) is 2. The highest BCUT2D eigenvalue weighted by Crippen LogP contribution is 2.15. The number of nitrogens with two attached hydrogens (primary N) is 2. The highest BCUT2D eigenvalue weighted by atomic mass is 32.2. The molecule has 2 rings (SSSR count). The molecule has 0 aliphatic carbocycles. The van der Waals surface area contributed by atoms with Crippen molar-refractivity contribution >= 4 is 29.8 Å². The molecule has 0 bridgehead atoms. The van der Waals surface area contributed by atoms with Crippen LogP contribution in [-0.4, -0.2) is 55.8 Å². The van der Waals surface area contributed by atoms with Gasteiger partial charge in [0.2, 0.25) is 5.76 Å². The molecule has 2 aromatic rings. The molecule has 0 radical (unpaired) electrons. The van der Waals surface area contributed by atoms with E-state index in [1.54, 1.807) is 0 Å². The molecule has 12 heteroatoms. The number of nitrogens with zero attached hydrogens (tertiary/aromatic N) is 2. The third-order valence-corrected chi connectivity index (χ3v) is 4.48. The molecule has 1 amide bonds. The van der Waals surface area contributed by atoms with Crippen LogP contribution < -0.4 is 26.2 Å². The third-order valence-electron chi connectivity index (χ3n) is 3.57. The summed E-state index contributed by atoms with van der Waals surface area (Å²) in [6.07, 6.45) is 0.567. The fraction of sp³-hybridized carbons (Fsp3) is 0.333. The van der Waals surface area contributed by atoms with Crippen molar-refractivity contribution in [1.82, 2.24) is 15.2 Å². The van der Waals surface area contributed by atoms with Gasteiger partial charge >= 0.3 is 5.97 Å². The monoisotopic (exact) mass is 436 g/mol. The van der Waals surface area contributed by atoms with Gasteiger partial charge in [0.25, 0.3) is 11.8 Å². The van der Waals surface area contributed by atoms with Crippen molar-refractivity contribution in [3.05, 3.63) is 42.2 Å². The second kappa shape index (κ2) is 12.3. The second-order valence-corrected chi connectivity index (χ2v) is 6.77. The first-order valence-electron chi connectivity index (χ1n) is 8.98. The molecular formula is C18H24N6O5S. The molecule has 1 aromatic carbocycles. The fourth-order valence-electron chi connectivity index (χ4n) is 2.11. The maximum atomic E-state index is 12.3. The van der Waals surface area contributed by atoms with E-state index in [0.717, 1.165) is 4.90 Å². The van der Waals surface area contributed by atoms with Crippen LogP contribution in [-0.2, 0) is 9.53 Å². The van der Waals surface area contributed by atoms with Gasteiger partial charge in [-0.1, -0.05) is 18.2 Å². The summed E-state index contributed by atoms with van der Waals surface area (Å²) in [5, 5.41) is 6.27. The predicted molar refractivity (Wildman–Crippen MR) is 111 cm³/mol. The standard InChI is InChI=1S/C18H24N6O5S/c1-27-17(26)13(24-30-12-6-3-2-4-7-12)11-22-16(25)14-10-15(23-29-14)28-9-5-8-21-18(19)20/h2-4,6-7,10,13,24H,5,8-9,11H2,1H3,(H,22,25)(H4,19,20,21)/t13-/m0/s1. The number of nitrogens with one attached hydrogen (secondary N) is 2. The number of aliphatic imine (C=N–C) groups is 1. The average Bonchev–Trinajstić information content (AvgIpc) is 3.22. The normalized spacial score (nSPS) is 11.4. The van der Waals surface area contributed by atoms with Gasteiger partial charge in [0.15, 0.2) is 5.96 Å². The van der Waals surface area contributed by atoms with E-state index in [9.17, 15) is 9.59 Å². The van der Waals surface area contributed by atoms with Crippen molar-refractivity contribution in [3.8, 4) is 5.88 Å². The SMILES string of the molecule is COC(=O)[C@H](CNC(=O)c1cc(OCCCN=C(N)N)no1)NSc1ccccc1. The Labute approximate surface area is 177 Å². The summed E-state index contributed by atoms with van der Waals surface area (Å²) < 4.78 is 18.1. The molecule has 6 N–H and O–H groups in total. The van der Waals surface area contributed by atoms with Crippen LogP contribution in [0.15, 0.2) is 50.8 Å². The molecular weight excluding hydrogens is 412 g/mol. The van der Waals surface area contributed by atoms with Gasteiger partial charge in [-0.3, -0.25) is 14.6 Å². The molecule has 0 aliphatic rings. The number of aromatic nitrogens is 1. The van der Waals surface area contributed by atoms with Crippen LogP contribution in [0.2, 0.25) is 0 Å². The number of hydrogen-bond donors (Lipinski definition) is 4. The van der Waals surface area contributed by atoms with Crippen LogP contribution in [0.25, 0.3) is 0 Å². The van der Waals surface area contributed by atoms with E-state index < -0.39 is 17.9 Å². The van der Waals surface area contributed by atoms with Gasteiger partial charge in [0.1, 0.15) is 6.04 Å². The molecule has 1 atom stereocenters. The van der Waals surface area contributed by atoms with Crippen LogP contribution in [0.5, 0.6) is 5.88 Å².